The molecule has 0 spiro atoms. The lowest BCUT2D eigenvalue weighted by Crippen LogP contribution is -2.14. The third-order valence-corrected chi connectivity index (χ3v) is 1.62. The Morgan fingerprint density at radius 3 is 2.25 bits per heavy atom. The highest BCUT2D eigenvalue weighted by Gasteiger charge is 2.02. The Balaban J connectivity index is 2.58. The average molecular weight is 168 g/mol. The molecule has 1 atom stereocenters. The van der Waals surface area contributed by atoms with Crippen LogP contribution in [-0.4, -0.2) is 28.0 Å². The van der Waals surface area contributed by atoms with Gasteiger partial charge in [0.1, 0.15) is 5.75 Å². The summed E-state index contributed by atoms with van der Waals surface area (Å²) < 4.78 is 0. The molecule has 0 aromatic heterocycles. The number of hydrogen-bond acceptors (Lipinski definition) is 3. The smallest absolute Gasteiger partial charge is 0.115 e. The van der Waals surface area contributed by atoms with Gasteiger partial charge in [-0.3, -0.25) is 0 Å². The maximum atomic E-state index is 9.07. The van der Waals surface area contributed by atoms with Crippen molar-refractivity contribution >= 4 is 0 Å². The van der Waals surface area contributed by atoms with Crippen molar-refractivity contribution in [2.75, 3.05) is 6.61 Å². The fraction of sp³-hybridized carbons (Fsp3) is 0.333. The van der Waals surface area contributed by atoms with Gasteiger partial charge in [0.05, 0.1) is 12.7 Å². The van der Waals surface area contributed by atoms with Gasteiger partial charge in [0.25, 0.3) is 0 Å². The van der Waals surface area contributed by atoms with Crippen molar-refractivity contribution in [2.24, 2.45) is 0 Å². The van der Waals surface area contributed by atoms with Crippen LogP contribution in [0, 0.1) is 0 Å². The van der Waals surface area contributed by atoms with Gasteiger partial charge >= 0.3 is 0 Å². The molecule has 0 aliphatic heterocycles. The van der Waals surface area contributed by atoms with E-state index < -0.39 is 6.10 Å². The van der Waals surface area contributed by atoms with E-state index in [1.54, 1.807) is 24.3 Å². The van der Waals surface area contributed by atoms with Gasteiger partial charge in [-0.15, -0.1) is 0 Å². The van der Waals surface area contributed by atoms with Crippen molar-refractivity contribution in [2.45, 2.75) is 12.5 Å². The van der Waals surface area contributed by atoms with Crippen LogP contribution >= 0.6 is 0 Å². The van der Waals surface area contributed by atoms with Crippen LogP contribution in [0.5, 0.6) is 5.75 Å². The predicted molar refractivity (Wildman–Crippen MR) is 44.9 cm³/mol. The molecular formula is C9H12O3. The van der Waals surface area contributed by atoms with E-state index in [1.165, 1.54) is 0 Å². The number of phenolic OH excluding ortho intramolecular Hbond substituents is 1. The fourth-order valence-electron chi connectivity index (χ4n) is 0.969. The van der Waals surface area contributed by atoms with Crippen molar-refractivity contribution in [1.82, 2.24) is 0 Å². The van der Waals surface area contributed by atoms with E-state index in [4.69, 9.17) is 15.3 Å². The summed E-state index contributed by atoms with van der Waals surface area (Å²) in [7, 11) is 0. The van der Waals surface area contributed by atoms with Crippen LogP contribution in [-0.2, 0) is 6.42 Å². The van der Waals surface area contributed by atoms with E-state index in [0.29, 0.717) is 6.42 Å². The summed E-state index contributed by atoms with van der Waals surface area (Å²) in [6, 6.07) is 6.54. The number of phenols is 1. The average Bonchev–Trinajstić information content (AvgIpc) is 2.09. The summed E-state index contributed by atoms with van der Waals surface area (Å²) in [6.07, 6.45) is -0.300. The quantitative estimate of drug-likeness (QED) is 0.607. The molecule has 0 aliphatic carbocycles. The zero-order valence-electron chi connectivity index (χ0n) is 6.64. The molecular weight excluding hydrogens is 156 g/mol. The zero-order valence-corrected chi connectivity index (χ0v) is 6.64. The molecule has 0 heterocycles. The Bertz CT molecular complexity index is 230. The van der Waals surface area contributed by atoms with Gasteiger partial charge in [-0.1, -0.05) is 12.1 Å². The van der Waals surface area contributed by atoms with Crippen molar-refractivity contribution in [3.05, 3.63) is 29.8 Å². The van der Waals surface area contributed by atoms with Crippen molar-refractivity contribution in [1.29, 1.82) is 0 Å². The molecule has 3 nitrogen and oxygen atoms in total. The Kier molecular flexibility index (Phi) is 3.08. The van der Waals surface area contributed by atoms with E-state index in [9.17, 15) is 0 Å². The first kappa shape index (κ1) is 9.03. The van der Waals surface area contributed by atoms with Gasteiger partial charge in [-0.25, -0.2) is 0 Å². The third-order valence-electron chi connectivity index (χ3n) is 1.62. The van der Waals surface area contributed by atoms with Crippen LogP contribution in [0.25, 0.3) is 0 Å². The maximum Gasteiger partial charge on any atom is 0.115 e. The molecule has 66 valence electrons. The van der Waals surface area contributed by atoms with Gasteiger partial charge < -0.3 is 15.3 Å². The van der Waals surface area contributed by atoms with Crippen LogP contribution < -0.4 is 0 Å². The Labute approximate surface area is 70.9 Å². The van der Waals surface area contributed by atoms with Crippen LogP contribution in [0.1, 0.15) is 5.56 Å². The predicted octanol–water partition coefficient (Wildman–Crippen LogP) is 0.288. The summed E-state index contributed by atoms with van der Waals surface area (Å²) in [6.45, 7) is -0.235. The number of hydrogen-bond donors (Lipinski definition) is 3. The highest BCUT2D eigenvalue weighted by Crippen LogP contribution is 2.10. The van der Waals surface area contributed by atoms with E-state index in [1.807, 2.05) is 0 Å². The second-order valence-electron chi connectivity index (χ2n) is 2.71. The largest absolute Gasteiger partial charge is 0.508 e. The van der Waals surface area contributed by atoms with Gasteiger partial charge in [0.15, 0.2) is 0 Å². The first-order valence-electron chi connectivity index (χ1n) is 3.79. The molecule has 3 N–H and O–H groups in total. The molecule has 3 heteroatoms. The molecule has 1 aromatic carbocycles. The van der Waals surface area contributed by atoms with E-state index in [-0.39, 0.29) is 12.4 Å². The molecule has 1 rings (SSSR count). The lowest BCUT2D eigenvalue weighted by atomic mass is 10.1. The van der Waals surface area contributed by atoms with Gasteiger partial charge in [-0.2, -0.15) is 0 Å². The third kappa shape index (κ3) is 2.53. The molecule has 0 fully saturated rings. The van der Waals surface area contributed by atoms with Crippen molar-refractivity contribution in [3.8, 4) is 5.75 Å². The fourth-order valence-corrected chi connectivity index (χ4v) is 0.969. The topological polar surface area (TPSA) is 60.7 Å². The minimum Gasteiger partial charge on any atom is -0.508 e. The SMILES string of the molecule is OC[C@@H](O)Cc1ccc(O)cc1. The molecule has 0 aliphatic rings. The number of aliphatic hydroxyl groups excluding tert-OH is 2. The second kappa shape index (κ2) is 4.09. The molecule has 0 saturated carbocycles. The van der Waals surface area contributed by atoms with Gasteiger partial charge in [-0.05, 0) is 17.7 Å². The van der Waals surface area contributed by atoms with Crippen molar-refractivity contribution < 1.29 is 15.3 Å². The van der Waals surface area contributed by atoms with E-state index in [0.717, 1.165) is 5.56 Å². The standard InChI is InChI=1S/C9H12O3/c10-6-9(12)5-7-1-3-8(11)4-2-7/h1-4,9-12H,5-6H2/t9-/m0/s1. The summed E-state index contributed by atoms with van der Waals surface area (Å²) in [5, 5.41) is 26.6. The molecule has 1 aromatic rings. The van der Waals surface area contributed by atoms with Crippen LogP contribution in [0.4, 0.5) is 0 Å². The van der Waals surface area contributed by atoms with Crippen LogP contribution in [0.15, 0.2) is 24.3 Å². The molecule has 0 bridgehead atoms. The second-order valence-corrected chi connectivity index (χ2v) is 2.71. The summed E-state index contributed by atoms with van der Waals surface area (Å²) in [5.74, 6) is 0.206. The van der Waals surface area contributed by atoms with Crippen LogP contribution in [0.3, 0.4) is 0 Å². The Hall–Kier alpha value is -1.06. The van der Waals surface area contributed by atoms with Crippen molar-refractivity contribution in [3.63, 3.8) is 0 Å². The number of benzene rings is 1. The van der Waals surface area contributed by atoms with E-state index >= 15 is 0 Å². The molecule has 0 radical (unpaired) electrons. The number of aromatic hydroxyl groups is 1. The Morgan fingerprint density at radius 2 is 1.75 bits per heavy atom. The minimum absolute atomic E-state index is 0.206. The Morgan fingerprint density at radius 1 is 1.17 bits per heavy atom. The van der Waals surface area contributed by atoms with Gasteiger partial charge in [0, 0.05) is 6.42 Å². The minimum atomic E-state index is -0.713. The van der Waals surface area contributed by atoms with Gasteiger partial charge in [0.2, 0.25) is 0 Å². The lowest BCUT2D eigenvalue weighted by molar-refractivity contribution is 0.0955. The monoisotopic (exact) mass is 168 g/mol. The number of rotatable bonds is 3. The summed E-state index contributed by atoms with van der Waals surface area (Å²) in [5.41, 5.74) is 0.898. The maximum absolute atomic E-state index is 9.07. The highest BCUT2D eigenvalue weighted by atomic mass is 16.3. The summed E-state index contributed by atoms with van der Waals surface area (Å²) >= 11 is 0. The molecule has 0 amide bonds. The summed E-state index contributed by atoms with van der Waals surface area (Å²) in [4.78, 5) is 0. The normalized spacial score (nSPS) is 12.8. The first-order chi connectivity index (χ1) is 5.72. The highest BCUT2D eigenvalue weighted by molar-refractivity contribution is 5.26. The molecule has 12 heavy (non-hydrogen) atoms. The number of aliphatic hydroxyl groups is 2. The molecule has 0 unspecified atom stereocenters. The van der Waals surface area contributed by atoms with Crippen LogP contribution in [0.2, 0.25) is 0 Å². The zero-order chi connectivity index (χ0) is 8.97. The molecule has 0 saturated heterocycles. The first-order valence-corrected chi connectivity index (χ1v) is 3.79. The lowest BCUT2D eigenvalue weighted by Gasteiger charge is -2.06. The van der Waals surface area contributed by atoms with E-state index in [2.05, 4.69) is 0 Å².